The first-order valence-electron chi connectivity index (χ1n) is 7.47. The van der Waals surface area contributed by atoms with Crippen LogP contribution in [0.1, 0.15) is 38.1 Å². The van der Waals surface area contributed by atoms with Gasteiger partial charge in [-0.15, -0.1) is 11.8 Å². The Balaban J connectivity index is 2.15. The number of carbonyl (C=O) groups is 1. The molecule has 0 spiro atoms. The van der Waals surface area contributed by atoms with E-state index < -0.39 is 0 Å². The molecule has 20 heavy (non-hydrogen) atoms. The Morgan fingerprint density at radius 3 is 2.40 bits per heavy atom. The molecule has 3 nitrogen and oxygen atoms in total. The number of thioether (sulfide) groups is 1. The molecule has 1 saturated heterocycles. The molecular weight excluding hydrogens is 268 g/mol. The van der Waals surface area contributed by atoms with Gasteiger partial charge in [-0.25, -0.2) is 0 Å². The summed E-state index contributed by atoms with van der Waals surface area (Å²) in [5, 5.41) is 0.202. The molecule has 1 aliphatic heterocycles. The molecule has 0 saturated carbocycles. The van der Waals surface area contributed by atoms with Gasteiger partial charge in [-0.05, 0) is 38.0 Å². The monoisotopic (exact) mass is 292 g/mol. The lowest BCUT2D eigenvalue weighted by Gasteiger charge is -2.25. The van der Waals surface area contributed by atoms with Crippen LogP contribution in [0.3, 0.4) is 0 Å². The van der Waals surface area contributed by atoms with Crippen LogP contribution in [0.5, 0.6) is 0 Å². The van der Waals surface area contributed by atoms with E-state index in [1.54, 1.807) is 11.8 Å². The van der Waals surface area contributed by atoms with Crippen molar-refractivity contribution in [2.45, 2.75) is 32.6 Å². The van der Waals surface area contributed by atoms with E-state index in [-0.39, 0.29) is 11.3 Å². The van der Waals surface area contributed by atoms with Crippen molar-refractivity contribution in [2.75, 3.05) is 30.3 Å². The lowest BCUT2D eigenvalue weighted by molar-refractivity contribution is -0.128. The number of hydrogen-bond donors (Lipinski definition) is 0. The lowest BCUT2D eigenvalue weighted by Crippen LogP contribution is -2.29. The molecule has 1 aromatic carbocycles. The largest absolute Gasteiger partial charge is 0.372 e. The topological polar surface area (TPSA) is 23.6 Å². The Morgan fingerprint density at radius 1 is 1.20 bits per heavy atom. The molecule has 0 aromatic heterocycles. The van der Waals surface area contributed by atoms with E-state index in [1.807, 2.05) is 4.90 Å². The summed E-state index contributed by atoms with van der Waals surface area (Å²) in [4.78, 5) is 16.3. The average molecular weight is 292 g/mol. The molecule has 1 amide bonds. The maximum absolute atomic E-state index is 11.9. The number of anilines is 1. The molecule has 0 bridgehead atoms. The van der Waals surface area contributed by atoms with Crippen molar-refractivity contribution >= 4 is 23.4 Å². The van der Waals surface area contributed by atoms with Crippen molar-refractivity contribution in [2.24, 2.45) is 0 Å². The Hall–Kier alpha value is -1.16. The highest BCUT2D eigenvalue weighted by atomic mass is 32.2. The number of nitrogens with zero attached hydrogens (tertiary/aromatic N) is 2. The van der Waals surface area contributed by atoms with Crippen LogP contribution in [0.15, 0.2) is 24.3 Å². The molecule has 2 rings (SSSR count). The first-order chi connectivity index (χ1) is 9.71. The van der Waals surface area contributed by atoms with Crippen LogP contribution >= 0.6 is 11.8 Å². The fourth-order valence-electron chi connectivity index (χ4n) is 2.65. The van der Waals surface area contributed by atoms with Gasteiger partial charge >= 0.3 is 0 Å². The van der Waals surface area contributed by atoms with E-state index in [2.05, 4.69) is 49.9 Å². The normalized spacial score (nSPS) is 18.6. The highest BCUT2D eigenvalue weighted by Crippen LogP contribution is 2.39. The Bertz CT molecular complexity index is 442. The third kappa shape index (κ3) is 3.11. The molecule has 110 valence electrons. The van der Waals surface area contributed by atoms with Crippen LogP contribution in [0, 0.1) is 0 Å². The second kappa shape index (κ2) is 7.02. The summed E-state index contributed by atoms with van der Waals surface area (Å²) in [6.07, 6.45) is 1.01. The van der Waals surface area contributed by atoms with Gasteiger partial charge in [-0.3, -0.25) is 4.79 Å². The number of benzene rings is 1. The zero-order valence-corrected chi connectivity index (χ0v) is 13.4. The predicted octanol–water partition coefficient (Wildman–Crippen LogP) is 3.52. The van der Waals surface area contributed by atoms with Crippen molar-refractivity contribution in [1.82, 2.24) is 4.90 Å². The Kier molecular flexibility index (Phi) is 5.35. The smallest absolute Gasteiger partial charge is 0.233 e. The number of amides is 1. The van der Waals surface area contributed by atoms with Crippen molar-refractivity contribution in [3.8, 4) is 0 Å². The first-order valence-corrected chi connectivity index (χ1v) is 8.52. The standard InChI is InChI=1S/C16H24N2OS/c1-4-11-18-15(19)12-20-16(18)13-7-9-14(10-8-13)17(5-2)6-3/h7-10,16H,4-6,11-12H2,1-3H3. The summed E-state index contributed by atoms with van der Waals surface area (Å²) in [6.45, 7) is 9.37. The summed E-state index contributed by atoms with van der Waals surface area (Å²) < 4.78 is 0. The van der Waals surface area contributed by atoms with E-state index in [0.29, 0.717) is 5.75 Å². The second-order valence-electron chi connectivity index (χ2n) is 5.01. The highest BCUT2D eigenvalue weighted by Gasteiger charge is 2.31. The summed E-state index contributed by atoms with van der Waals surface area (Å²) in [5.41, 5.74) is 2.50. The van der Waals surface area contributed by atoms with E-state index in [1.165, 1.54) is 11.3 Å². The molecule has 1 aliphatic rings. The molecule has 0 aliphatic carbocycles. The van der Waals surface area contributed by atoms with Crippen LogP contribution in [0.2, 0.25) is 0 Å². The van der Waals surface area contributed by atoms with E-state index in [4.69, 9.17) is 0 Å². The molecular formula is C16H24N2OS. The maximum atomic E-state index is 11.9. The Labute approximate surface area is 126 Å². The fourth-order valence-corrected chi connectivity index (χ4v) is 3.87. The van der Waals surface area contributed by atoms with Gasteiger partial charge in [0.2, 0.25) is 5.91 Å². The van der Waals surface area contributed by atoms with Crippen molar-refractivity contribution < 1.29 is 4.79 Å². The fraction of sp³-hybridized carbons (Fsp3) is 0.562. The van der Waals surface area contributed by atoms with Gasteiger partial charge in [0.05, 0.1) is 5.75 Å². The molecule has 4 heteroatoms. The van der Waals surface area contributed by atoms with Crippen LogP contribution in [-0.2, 0) is 4.79 Å². The molecule has 1 atom stereocenters. The first kappa shape index (κ1) is 15.2. The minimum absolute atomic E-state index is 0.202. The van der Waals surface area contributed by atoms with Crippen LogP contribution in [0.4, 0.5) is 5.69 Å². The number of rotatable bonds is 6. The lowest BCUT2D eigenvalue weighted by atomic mass is 10.1. The molecule has 1 fully saturated rings. The SMILES string of the molecule is CCCN1C(=O)CSC1c1ccc(N(CC)CC)cc1. The maximum Gasteiger partial charge on any atom is 0.233 e. The van der Waals surface area contributed by atoms with E-state index in [0.717, 1.165) is 26.1 Å². The van der Waals surface area contributed by atoms with Gasteiger partial charge in [-0.2, -0.15) is 0 Å². The van der Waals surface area contributed by atoms with Crippen molar-refractivity contribution in [1.29, 1.82) is 0 Å². The number of carbonyl (C=O) groups excluding carboxylic acids is 1. The molecule has 0 radical (unpaired) electrons. The van der Waals surface area contributed by atoms with Gasteiger partial charge in [0.1, 0.15) is 5.37 Å². The molecule has 1 unspecified atom stereocenters. The van der Waals surface area contributed by atoms with Crippen LogP contribution in [0.25, 0.3) is 0 Å². The highest BCUT2D eigenvalue weighted by molar-refractivity contribution is 8.00. The zero-order valence-electron chi connectivity index (χ0n) is 12.6. The Morgan fingerprint density at radius 2 is 1.85 bits per heavy atom. The summed E-state index contributed by atoms with van der Waals surface area (Å²) in [5.74, 6) is 0.886. The van der Waals surface area contributed by atoms with Gasteiger partial charge in [0.15, 0.2) is 0 Å². The second-order valence-corrected chi connectivity index (χ2v) is 6.08. The van der Waals surface area contributed by atoms with Crippen LogP contribution in [-0.4, -0.2) is 36.2 Å². The zero-order chi connectivity index (χ0) is 14.5. The molecule has 1 aromatic rings. The summed E-state index contributed by atoms with van der Waals surface area (Å²) in [6, 6.07) is 8.70. The number of hydrogen-bond acceptors (Lipinski definition) is 3. The third-order valence-electron chi connectivity index (χ3n) is 3.74. The van der Waals surface area contributed by atoms with Crippen LogP contribution < -0.4 is 4.90 Å². The summed E-state index contributed by atoms with van der Waals surface area (Å²) >= 11 is 1.74. The predicted molar refractivity (Wildman–Crippen MR) is 87.2 cm³/mol. The molecule has 1 heterocycles. The third-order valence-corrected chi connectivity index (χ3v) is 5.00. The van der Waals surface area contributed by atoms with E-state index >= 15 is 0 Å². The van der Waals surface area contributed by atoms with Gasteiger partial charge < -0.3 is 9.80 Å². The van der Waals surface area contributed by atoms with E-state index in [9.17, 15) is 4.79 Å². The van der Waals surface area contributed by atoms with Gasteiger partial charge in [-0.1, -0.05) is 19.1 Å². The van der Waals surface area contributed by atoms with Crippen molar-refractivity contribution in [3.63, 3.8) is 0 Å². The molecule has 0 N–H and O–H groups in total. The van der Waals surface area contributed by atoms with Gasteiger partial charge in [0, 0.05) is 25.3 Å². The van der Waals surface area contributed by atoms with Crippen molar-refractivity contribution in [3.05, 3.63) is 29.8 Å². The van der Waals surface area contributed by atoms with Gasteiger partial charge in [0.25, 0.3) is 0 Å². The minimum atomic E-state index is 0.202. The quantitative estimate of drug-likeness (QED) is 0.801. The average Bonchev–Trinajstić information content (AvgIpc) is 2.83. The summed E-state index contributed by atoms with van der Waals surface area (Å²) in [7, 11) is 0. The minimum Gasteiger partial charge on any atom is -0.372 e.